The van der Waals surface area contributed by atoms with E-state index in [0.717, 1.165) is 17.2 Å². The predicted molar refractivity (Wildman–Crippen MR) is 101 cm³/mol. The summed E-state index contributed by atoms with van der Waals surface area (Å²) in [7, 11) is -3.37. The average molecular weight is 391 g/mol. The Bertz CT molecular complexity index is 997. The first-order valence-corrected chi connectivity index (χ1v) is 10.8. The van der Waals surface area contributed by atoms with E-state index in [0.29, 0.717) is 25.1 Å². The third-order valence-corrected chi connectivity index (χ3v) is 7.15. The smallest absolute Gasteiger partial charge is 0.253 e. The van der Waals surface area contributed by atoms with Crippen molar-refractivity contribution in [3.05, 3.63) is 42.1 Å². The molecule has 2 aliphatic rings. The van der Waals surface area contributed by atoms with Gasteiger partial charge < -0.3 is 4.90 Å². The summed E-state index contributed by atoms with van der Waals surface area (Å²) in [6, 6.07) is 9.07. The van der Waals surface area contributed by atoms with Gasteiger partial charge in [-0.25, -0.2) is 12.7 Å². The third-order valence-electron chi connectivity index (χ3n) is 5.90. The van der Waals surface area contributed by atoms with E-state index in [4.69, 9.17) is 0 Å². The highest BCUT2D eigenvalue weighted by molar-refractivity contribution is 7.88. The molecular weight excluding hydrogens is 369 g/mol. The van der Waals surface area contributed by atoms with Crippen LogP contribution in [0.1, 0.15) is 16.8 Å². The van der Waals surface area contributed by atoms with Crippen LogP contribution < -0.4 is 0 Å². The Kier molecular flexibility index (Phi) is 4.43. The molecule has 2 atom stereocenters. The number of sulfonamides is 1. The van der Waals surface area contributed by atoms with E-state index in [9.17, 15) is 17.6 Å². The van der Waals surface area contributed by atoms with Crippen LogP contribution in [0.2, 0.25) is 0 Å². The Morgan fingerprint density at radius 2 is 2.15 bits per heavy atom. The number of carbonyl (C=O) groups is 1. The molecule has 27 heavy (non-hydrogen) atoms. The molecule has 2 fully saturated rings. The second kappa shape index (κ2) is 6.53. The van der Waals surface area contributed by atoms with Crippen molar-refractivity contribution in [2.75, 3.05) is 39.1 Å². The molecule has 1 aromatic carbocycles. The minimum Gasteiger partial charge on any atom is -0.338 e. The summed E-state index contributed by atoms with van der Waals surface area (Å²) in [6.45, 7) is 0.595. The number of alkyl halides is 1. The van der Waals surface area contributed by atoms with Gasteiger partial charge in [0, 0.05) is 48.7 Å². The fourth-order valence-corrected chi connectivity index (χ4v) is 5.29. The minimum atomic E-state index is -3.37. The molecule has 3 heterocycles. The maximum absolute atomic E-state index is 14.1. The molecule has 0 N–H and O–H groups in total. The number of halogens is 1. The topological polar surface area (TPSA) is 70.6 Å². The Labute approximate surface area is 158 Å². The van der Waals surface area contributed by atoms with Gasteiger partial charge in [-0.15, -0.1) is 0 Å². The highest BCUT2D eigenvalue weighted by Gasteiger charge is 2.52. The van der Waals surface area contributed by atoms with E-state index in [1.807, 2.05) is 18.2 Å². The van der Waals surface area contributed by atoms with Crippen LogP contribution in [0, 0.1) is 11.3 Å². The third kappa shape index (κ3) is 3.21. The molecule has 6 nitrogen and oxygen atoms in total. The summed E-state index contributed by atoms with van der Waals surface area (Å²) in [5.41, 5.74) is 0.548. The van der Waals surface area contributed by atoms with Gasteiger partial charge >= 0.3 is 0 Å². The molecule has 0 saturated carbocycles. The van der Waals surface area contributed by atoms with Gasteiger partial charge in [0.15, 0.2) is 0 Å². The standard InChI is InChI=1S/C19H22FN3O3S/c1-27(25,26)23-8-6-16-10-22(12-19(16,11-20)13-23)18(24)15-4-5-17-14(9-15)3-2-7-21-17/h2-5,7,9,16H,6,8,10-13H2,1H3/t16-,19-/m0/s1. The second-order valence-corrected chi connectivity index (χ2v) is 9.66. The highest BCUT2D eigenvalue weighted by Crippen LogP contribution is 2.43. The molecule has 2 saturated heterocycles. The number of nitrogens with zero attached hydrogens (tertiary/aromatic N) is 3. The number of pyridine rings is 1. The number of hydrogen-bond donors (Lipinski definition) is 0. The normalized spacial score (nSPS) is 26.3. The van der Waals surface area contributed by atoms with Gasteiger partial charge in [0.05, 0.1) is 18.4 Å². The van der Waals surface area contributed by atoms with Crippen LogP contribution in [-0.2, 0) is 10.0 Å². The molecule has 1 amide bonds. The van der Waals surface area contributed by atoms with Crippen molar-refractivity contribution < 1.29 is 17.6 Å². The van der Waals surface area contributed by atoms with E-state index in [1.165, 1.54) is 4.31 Å². The molecule has 144 valence electrons. The number of aromatic nitrogens is 1. The lowest BCUT2D eigenvalue weighted by molar-refractivity contribution is 0.0700. The Morgan fingerprint density at radius 1 is 1.33 bits per heavy atom. The summed E-state index contributed by atoms with van der Waals surface area (Å²) in [5.74, 6) is -0.166. The number of fused-ring (bicyclic) bond motifs is 2. The summed E-state index contributed by atoms with van der Waals surface area (Å²) < 4.78 is 39.2. The molecule has 4 rings (SSSR count). The lowest BCUT2D eigenvalue weighted by atomic mass is 9.75. The summed E-state index contributed by atoms with van der Waals surface area (Å²) >= 11 is 0. The van der Waals surface area contributed by atoms with Crippen molar-refractivity contribution >= 4 is 26.8 Å². The van der Waals surface area contributed by atoms with E-state index >= 15 is 0 Å². The molecule has 0 radical (unpaired) electrons. The zero-order valence-electron chi connectivity index (χ0n) is 15.1. The number of hydrogen-bond acceptors (Lipinski definition) is 4. The van der Waals surface area contributed by atoms with Gasteiger partial charge in [-0.2, -0.15) is 0 Å². The molecule has 2 aliphatic heterocycles. The van der Waals surface area contributed by atoms with Crippen molar-refractivity contribution in [2.45, 2.75) is 6.42 Å². The molecule has 0 bridgehead atoms. The highest BCUT2D eigenvalue weighted by atomic mass is 32.2. The van der Waals surface area contributed by atoms with Crippen LogP contribution in [0.5, 0.6) is 0 Å². The van der Waals surface area contributed by atoms with Gasteiger partial charge in [0.1, 0.15) is 0 Å². The van der Waals surface area contributed by atoms with E-state index in [-0.39, 0.29) is 24.9 Å². The molecule has 8 heteroatoms. The van der Waals surface area contributed by atoms with Crippen molar-refractivity contribution in [3.8, 4) is 0 Å². The predicted octanol–water partition coefficient (Wildman–Crippen LogP) is 1.93. The van der Waals surface area contributed by atoms with Crippen LogP contribution in [0.3, 0.4) is 0 Å². The number of piperidine rings is 1. The lowest BCUT2D eigenvalue weighted by Gasteiger charge is -2.41. The molecule has 0 aliphatic carbocycles. The van der Waals surface area contributed by atoms with E-state index < -0.39 is 22.1 Å². The van der Waals surface area contributed by atoms with Gasteiger partial charge in [0.2, 0.25) is 10.0 Å². The van der Waals surface area contributed by atoms with Gasteiger partial charge in [-0.1, -0.05) is 6.07 Å². The fraction of sp³-hybridized carbons (Fsp3) is 0.474. The Balaban J connectivity index is 1.59. The second-order valence-electron chi connectivity index (χ2n) is 7.67. The first-order chi connectivity index (χ1) is 12.8. The maximum Gasteiger partial charge on any atom is 0.253 e. The van der Waals surface area contributed by atoms with E-state index in [1.54, 1.807) is 23.2 Å². The number of benzene rings is 1. The molecule has 0 spiro atoms. The average Bonchev–Trinajstić information content (AvgIpc) is 3.05. The van der Waals surface area contributed by atoms with Crippen molar-refractivity contribution in [1.29, 1.82) is 0 Å². The van der Waals surface area contributed by atoms with Crippen LogP contribution in [0.15, 0.2) is 36.5 Å². The number of likely N-dealkylation sites (tertiary alicyclic amines) is 1. The van der Waals surface area contributed by atoms with Crippen LogP contribution in [0.25, 0.3) is 10.9 Å². The SMILES string of the molecule is CS(=O)(=O)N1CC[C@H]2CN(C(=O)c3ccc4ncccc4c3)C[C@@]2(CF)C1. The quantitative estimate of drug-likeness (QED) is 0.802. The fourth-order valence-electron chi connectivity index (χ4n) is 4.36. The van der Waals surface area contributed by atoms with Gasteiger partial charge in [-0.3, -0.25) is 14.2 Å². The summed E-state index contributed by atoms with van der Waals surface area (Å²) in [5, 5.41) is 0.878. The van der Waals surface area contributed by atoms with Crippen LogP contribution in [0.4, 0.5) is 4.39 Å². The first kappa shape index (κ1) is 18.3. The van der Waals surface area contributed by atoms with Crippen molar-refractivity contribution in [1.82, 2.24) is 14.2 Å². The van der Waals surface area contributed by atoms with Crippen molar-refractivity contribution in [2.24, 2.45) is 11.3 Å². The van der Waals surface area contributed by atoms with E-state index in [2.05, 4.69) is 4.98 Å². The number of amides is 1. The largest absolute Gasteiger partial charge is 0.338 e. The van der Waals surface area contributed by atoms with Gasteiger partial charge in [-0.05, 0) is 36.6 Å². The number of rotatable bonds is 3. The molecule has 1 aromatic heterocycles. The Hall–Kier alpha value is -2.06. The molecular formula is C19H22FN3O3S. The monoisotopic (exact) mass is 391 g/mol. The van der Waals surface area contributed by atoms with Crippen LogP contribution >= 0.6 is 0 Å². The summed E-state index contributed by atoms with van der Waals surface area (Å²) in [6.07, 6.45) is 3.43. The molecule has 2 aromatic rings. The Morgan fingerprint density at radius 3 is 2.89 bits per heavy atom. The lowest BCUT2D eigenvalue weighted by Crippen LogP contribution is -2.51. The zero-order valence-corrected chi connectivity index (χ0v) is 16.0. The summed E-state index contributed by atoms with van der Waals surface area (Å²) in [4.78, 5) is 19.0. The van der Waals surface area contributed by atoms with Gasteiger partial charge in [0.25, 0.3) is 5.91 Å². The maximum atomic E-state index is 14.1. The first-order valence-electron chi connectivity index (χ1n) is 8.98. The van der Waals surface area contributed by atoms with Crippen LogP contribution in [-0.4, -0.2) is 67.6 Å². The molecule has 0 unspecified atom stereocenters. The number of carbonyl (C=O) groups excluding carboxylic acids is 1. The van der Waals surface area contributed by atoms with Crippen molar-refractivity contribution in [3.63, 3.8) is 0 Å². The minimum absolute atomic E-state index is 0.0217. The zero-order chi connectivity index (χ0) is 19.2.